The van der Waals surface area contributed by atoms with Crippen LogP contribution >= 0.6 is 0 Å². The van der Waals surface area contributed by atoms with Gasteiger partial charge in [-0.1, -0.05) is 19.3 Å². The number of nitrogens with one attached hydrogen (secondary N) is 3. The van der Waals surface area contributed by atoms with E-state index < -0.39 is 11.2 Å². The van der Waals surface area contributed by atoms with Crippen LogP contribution in [0.4, 0.5) is 4.79 Å². The lowest BCUT2D eigenvalue weighted by Crippen LogP contribution is -2.48. The Morgan fingerprint density at radius 1 is 1.07 bits per heavy atom. The number of amides is 1. The highest BCUT2D eigenvalue weighted by Crippen LogP contribution is 2.28. The number of rotatable bonds is 5. The van der Waals surface area contributed by atoms with Crippen LogP contribution in [-0.2, 0) is 4.74 Å². The second kappa shape index (κ2) is 10.3. The lowest BCUT2D eigenvalue weighted by Gasteiger charge is -2.32. The number of hydrogen-bond acceptors (Lipinski definition) is 4. The first-order valence-electron chi connectivity index (χ1n) is 11.0. The maximum Gasteiger partial charge on any atom is 0.407 e. The first-order valence-corrected chi connectivity index (χ1v) is 11.0. The molecule has 0 heterocycles. The topological polar surface area (TPSA) is 95.0 Å². The van der Waals surface area contributed by atoms with Crippen molar-refractivity contribution < 1.29 is 14.6 Å². The zero-order valence-electron chi connectivity index (χ0n) is 18.1. The molecule has 0 spiro atoms. The summed E-state index contributed by atoms with van der Waals surface area (Å²) in [5, 5.41) is 20.5. The predicted octanol–water partition coefficient (Wildman–Crippen LogP) is 3.07. The number of ether oxygens (including phenoxy) is 1. The second-order valence-corrected chi connectivity index (χ2v) is 9.32. The summed E-state index contributed by atoms with van der Waals surface area (Å²) in [5.41, 5.74) is -1.11. The van der Waals surface area contributed by atoms with Gasteiger partial charge < -0.3 is 25.8 Å². The Hall–Kier alpha value is -1.50. The molecule has 1 amide bonds. The van der Waals surface area contributed by atoms with Crippen LogP contribution < -0.4 is 16.0 Å². The van der Waals surface area contributed by atoms with Crippen molar-refractivity contribution in [2.24, 2.45) is 4.99 Å². The fourth-order valence-electron chi connectivity index (χ4n) is 3.96. The van der Waals surface area contributed by atoms with Gasteiger partial charge in [0.25, 0.3) is 0 Å². The third-order valence-corrected chi connectivity index (χ3v) is 5.45. The molecule has 0 aromatic carbocycles. The molecule has 0 atom stereocenters. The van der Waals surface area contributed by atoms with Gasteiger partial charge in [0.15, 0.2) is 5.96 Å². The van der Waals surface area contributed by atoms with Gasteiger partial charge in [-0.2, -0.15) is 0 Å². The van der Waals surface area contributed by atoms with E-state index in [9.17, 15) is 9.90 Å². The predicted molar refractivity (Wildman–Crippen MR) is 113 cm³/mol. The van der Waals surface area contributed by atoms with E-state index in [1.54, 1.807) is 0 Å². The zero-order valence-corrected chi connectivity index (χ0v) is 18.1. The van der Waals surface area contributed by atoms with Gasteiger partial charge in [-0.3, -0.25) is 4.99 Å². The van der Waals surface area contributed by atoms with Crippen molar-refractivity contribution in [1.29, 1.82) is 0 Å². The van der Waals surface area contributed by atoms with E-state index >= 15 is 0 Å². The van der Waals surface area contributed by atoms with Crippen molar-refractivity contribution >= 4 is 12.1 Å². The molecule has 2 aliphatic carbocycles. The minimum absolute atomic E-state index is 0.162. The van der Waals surface area contributed by atoms with E-state index in [0.29, 0.717) is 12.6 Å². The summed E-state index contributed by atoms with van der Waals surface area (Å²) in [6, 6.07) is 0.492. The van der Waals surface area contributed by atoms with Crippen molar-refractivity contribution in [3.8, 4) is 0 Å². The highest BCUT2D eigenvalue weighted by atomic mass is 16.6. The molecule has 0 bridgehead atoms. The number of guanidine groups is 1. The zero-order chi connectivity index (χ0) is 20.6. The van der Waals surface area contributed by atoms with Crippen LogP contribution in [0.2, 0.25) is 0 Å². The summed E-state index contributed by atoms with van der Waals surface area (Å²) in [6.45, 7) is 8.92. The molecule has 2 aliphatic rings. The molecule has 2 saturated carbocycles. The van der Waals surface area contributed by atoms with E-state index in [-0.39, 0.29) is 12.1 Å². The highest BCUT2D eigenvalue weighted by Gasteiger charge is 2.29. The van der Waals surface area contributed by atoms with Crippen LogP contribution in [0.1, 0.15) is 85.5 Å². The summed E-state index contributed by atoms with van der Waals surface area (Å²) in [6.07, 6.45) is 8.51. The van der Waals surface area contributed by atoms with E-state index in [1.807, 2.05) is 27.7 Å². The van der Waals surface area contributed by atoms with Gasteiger partial charge in [0.05, 0.1) is 12.1 Å². The van der Waals surface area contributed by atoms with Crippen molar-refractivity contribution in [3.63, 3.8) is 0 Å². The van der Waals surface area contributed by atoms with Crippen molar-refractivity contribution in [1.82, 2.24) is 16.0 Å². The monoisotopic (exact) mass is 396 g/mol. The van der Waals surface area contributed by atoms with Gasteiger partial charge in [-0.05, 0) is 66.2 Å². The standard InChI is InChI=1S/C21H40N4O3/c1-5-22-18(23-15-21(27)13-7-6-8-14-21)24-16-9-11-17(12-10-16)25-19(26)28-20(2,3)4/h16-17,27H,5-15H2,1-4H3,(H,25,26)(H2,22,23,24). The molecule has 0 aromatic rings. The highest BCUT2D eigenvalue weighted by molar-refractivity contribution is 5.80. The van der Waals surface area contributed by atoms with E-state index in [1.165, 1.54) is 6.42 Å². The van der Waals surface area contributed by atoms with E-state index in [0.717, 1.165) is 63.9 Å². The molecular weight excluding hydrogens is 356 g/mol. The molecule has 162 valence electrons. The lowest BCUT2D eigenvalue weighted by molar-refractivity contribution is 0.0131. The fourth-order valence-corrected chi connectivity index (χ4v) is 3.96. The maximum absolute atomic E-state index is 11.9. The molecule has 0 unspecified atom stereocenters. The Morgan fingerprint density at radius 2 is 1.64 bits per heavy atom. The summed E-state index contributed by atoms with van der Waals surface area (Å²) >= 11 is 0. The Bertz CT molecular complexity index is 516. The van der Waals surface area contributed by atoms with Crippen LogP contribution in [0.25, 0.3) is 0 Å². The van der Waals surface area contributed by atoms with Gasteiger partial charge in [-0.25, -0.2) is 4.79 Å². The van der Waals surface area contributed by atoms with E-state index in [4.69, 9.17) is 4.74 Å². The number of carbonyl (C=O) groups excluding carboxylic acids is 1. The average molecular weight is 397 g/mol. The molecular formula is C21H40N4O3. The number of nitrogens with zero attached hydrogens (tertiary/aromatic N) is 1. The largest absolute Gasteiger partial charge is 0.444 e. The Kier molecular flexibility index (Phi) is 8.40. The normalized spacial score (nSPS) is 25.7. The molecule has 28 heavy (non-hydrogen) atoms. The quantitative estimate of drug-likeness (QED) is 0.423. The molecule has 7 nitrogen and oxygen atoms in total. The number of aliphatic hydroxyl groups is 1. The van der Waals surface area contributed by atoms with E-state index in [2.05, 4.69) is 20.9 Å². The minimum atomic E-state index is -0.643. The van der Waals surface area contributed by atoms with Crippen molar-refractivity contribution in [2.45, 2.75) is 109 Å². The molecule has 0 radical (unpaired) electrons. The third-order valence-electron chi connectivity index (χ3n) is 5.45. The number of aliphatic imine (C=N–C) groups is 1. The van der Waals surface area contributed by atoms with Crippen LogP contribution in [0.5, 0.6) is 0 Å². The van der Waals surface area contributed by atoms with Crippen molar-refractivity contribution in [2.75, 3.05) is 13.1 Å². The fraction of sp³-hybridized carbons (Fsp3) is 0.905. The van der Waals surface area contributed by atoms with Gasteiger partial charge in [0.1, 0.15) is 5.60 Å². The number of carbonyl (C=O) groups is 1. The third kappa shape index (κ3) is 8.25. The SMILES string of the molecule is CCNC(=NCC1(O)CCCCC1)NC1CCC(NC(=O)OC(C)(C)C)CC1. The number of hydrogen-bond donors (Lipinski definition) is 4. The van der Waals surface area contributed by atoms with Gasteiger partial charge in [0, 0.05) is 18.6 Å². The molecule has 0 aromatic heterocycles. The first-order chi connectivity index (χ1) is 13.2. The minimum Gasteiger partial charge on any atom is -0.444 e. The van der Waals surface area contributed by atoms with Crippen LogP contribution in [-0.4, -0.2) is 53.5 Å². The van der Waals surface area contributed by atoms with Crippen molar-refractivity contribution in [3.05, 3.63) is 0 Å². The smallest absolute Gasteiger partial charge is 0.407 e. The Balaban J connectivity index is 1.78. The average Bonchev–Trinajstić information content (AvgIpc) is 2.61. The molecule has 7 heteroatoms. The molecule has 0 saturated heterocycles. The Labute approximate surface area is 170 Å². The van der Waals surface area contributed by atoms with Crippen LogP contribution in [0.15, 0.2) is 4.99 Å². The molecule has 2 fully saturated rings. The lowest BCUT2D eigenvalue weighted by atomic mass is 9.85. The first kappa shape index (κ1) is 22.8. The van der Waals surface area contributed by atoms with Gasteiger partial charge >= 0.3 is 6.09 Å². The summed E-state index contributed by atoms with van der Waals surface area (Å²) in [7, 11) is 0. The Morgan fingerprint density at radius 3 is 2.18 bits per heavy atom. The maximum atomic E-state index is 11.9. The summed E-state index contributed by atoms with van der Waals surface area (Å²) in [4.78, 5) is 16.6. The van der Waals surface area contributed by atoms with Gasteiger partial charge in [-0.15, -0.1) is 0 Å². The molecule has 0 aliphatic heterocycles. The van der Waals surface area contributed by atoms with Gasteiger partial charge in [0.2, 0.25) is 0 Å². The summed E-state index contributed by atoms with van der Waals surface area (Å²) < 4.78 is 5.34. The van der Waals surface area contributed by atoms with Crippen LogP contribution in [0, 0.1) is 0 Å². The molecule has 4 N–H and O–H groups in total. The van der Waals surface area contributed by atoms with Crippen LogP contribution in [0.3, 0.4) is 0 Å². The second-order valence-electron chi connectivity index (χ2n) is 9.32. The number of alkyl carbamates (subject to hydrolysis) is 1. The molecule has 2 rings (SSSR count). The summed E-state index contributed by atoms with van der Waals surface area (Å²) in [5.74, 6) is 0.782.